The van der Waals surface area contributed by atoms with E-state index in [4.69, 9.17) is 0 Å². The molecule has 0 aliphatic heterocycles. The third-order valence-corrected chi connectivity index (χ3v) is 3.89. The van der Waals surface area contributed by atoms with E-state index in [1.807, 2.05) is 42.6 Å². The van der Waals surface area contributed by atoms with E-state index < -0.39 is 0 Å². The molecule has 1 unspecified atom stereocenters. The Labute approximate surface area is 113 Å². The molecule has 1 aliphatic carbocycles. The summed E-state index contributed by atoms with van der Waals surface area (Å²) in [5.41, 5.74) is 3.39. The fraction of sp³-hybridized carbons (Fsp3) is 0.294. The number of fused-ring (bicyclic) bond motifs is 1. The molecule has 2 aromatic rings. The van der Waals surface area contributed by atoms with Crippen molar-refractivity contribution in [1.82, 2.24) is 4.98 Å². The van der Waals surface area contributed by atoms with Crippen LogP contribution < -0.4 is 0 Å². The highest BCUT2D eigenvalue weighted by Crippen LogP contribution is 2.34. The molecule has 0 fully saturated rings. The maximum absolute atomic E-state index is 12.1. The van der Waals surface area contributed by atoms with Crippen LogP contribution in [0, 0.1) is 0 Å². The number of rotatable bonds is 4. The normalized spacial score (nSPS) is 17.2. The summed E-state index contributed by atoms with van der Waals surface area (Å²) in [6, 6.07) is 13.7. The van der Waals surface area contributed by atoms with Crippen molar-refractivity contribution >= 4 is 5.78 Å². The minimum atomic E-state index is 0.241. The number of carbonyl (C=O) groups excluding carboxylic acids is 1. The molecule has 2 nitrogen and oxygen atoms in total. The molecule has 1 aromatic carbocycles. The number of carbonyl (C=O) groups is 1. The first-order valence-corrected chi connectivity index (χ1v) is 6.86. The molecule has 2 heteroatoms. The van der Waals surface area contributed by atoms with Crippen LogP contribution in [0.5, 0.6) is 0 Å². The number of aryl methyl sites for hydroxylation is 1. The van der Waals surface area contributed by atoms with Gasteiger partial charge in [0.05, 0.1) is 0 Å². The van der Waals surface area contributed by atoms with Crippen LogP contribution in [0.4, 0.5) is 0 Å². The van der Waals surface area contributed by atoms with E-state index in [1.165, 1.54) is 11.3 Å². The number of benzene rings is 1. The molecule has 1 aliphatic rings. The van der Waals surface area contributed by atoms with Gasteiger partial charge in [0, 0.05) is 29.8 Å². The van der Waals surface area contributed by atoms with Crippen LogP contribution >= 0.6 is 0 Å². The van der Waals surface area contributed by atoms with Gasteiger partial charge in [-0.2, -0.15) is 0 Å². The van der Waals surface area contributed by atoms with Gasteiger partial charge >= 0.3 is 0 Å². The summed E-state index contributed by atoms with van der Waals surface area (Å²) in [5, 5.41) is 0. The maximum atomic E-state index is 12.1. The third kappa shape index (κ3) is 2.58. The van der Waals surface area contributed by atoms with Crippen LogP contribution in [0.2, 0.25) is 0 Å². The van der Waals surface area contributed by atoms with Gasteiger partial charge in [-0.25, -0.2) is 0 Å². The molecule has 0 saturated heterocycles. The monoisotopic (exact) mass is 251 g/mol. The summed E-state index contributed by atoms with van der Waals surface area (Å²) in [4.78, 5) is 16.6. The lowest BCUT2D eigenvalue weighted by Gasteiger charge is -2.09. The highest BCUT2D eigenvalue weighted by atomic mass is 16.1. The van der Waals surface area contributed by atoms with Gasteiger partial charge in [-0.05, 0) is 30.9 Å². The predicted molar refractivity (Wildman–Crippen MR) is 75.3 cm³/mol. The predicted octanol–water partition coefficient (Wildman–Crippen LogP) is 3.77. The molecule has 0 radical (unpaired) electrons. The standard InChI is InChI=1S/C17H17NO/c19-16(13-5-2-1-3-6-13)11-10-15-9-8-14-7-4-12-18-17(14)15/h1-7,12,15H,8-11H2. The Morgan fingerprint density at radius 1 is 1.16 bits per heavy atom. The van der Waals surface area contributed by atoms with Gasteiger partial charge in [0.1, 0.15) is 0 Å². The number of Topliss-reactive ketones (excluding diaryl/α,β-unsaturated/α-hetero) is 1. The van der Waals surface area contributed by atoms with Gasteiger partial charge in [0.25, 0.3) is 0 Å². The average molecular weight is 251 g/mol. The second kappa shape index (κ2) is 5.35. The second-order valence-electron chi connectivity index (χ2n) is 5.11. The first kappa shape index (κ1) is 12.1. The van der Waals surface area contributed by atoms with Crippen molar-refractivity contribution in [2.45, 2.75) is 31.6 Å². The van der Waals surface area contributed by atoms with Crippen molar-refractivity contribution in [2.75, 3.05) is 0 Å². The van der Waals surface area contributed by atoms with Crippen molar-refractivity contribution in [1.29, 1.82) is 0 Å². The van der Waals surface area contributed by atoms with E-state index in [9.17, 15) is 4.79 Å². The lowest BCUT2D eigenvalue weighted by molar-refractivity contribution is 0.0977. The average Bonchev–Trinajstić information content (AvgIpc) is 2.89. The summed E-state index contributed by atoms with van der Waals surface area (Å²) < 4.78 is 0. The molecule has 19 heavy (non-hydrogen) atoms. The molecule has 3 rings (SSSR count). The molecule has 0 spiro atoms. The number of pyridine rings is 1. The van der Waals surface area contributed by atoms with Gasteiger partial charge in [0.2, 0.25) is 0 Å². The van der Waals surface area contributed by atoms with Crippen molar-refractivity contribution in [3.8, 4) is 0 Å². The number of hydrogen-bond acceptors (Lipinski definition) is 2. The van der Waals surface area contributed by atoms with E-state index in [0.717, 1.165) is 24.8 Å². The van der Waals surface area contributed by atoms with E-state index >= 15 is 0 Å². The molecule has 1 heterocycles. The molecule has 0 bridgehead atoms. The first-order chi connectivity index (χ1) is 9.34. The van der Waals surface area contributed by atoms with E-state index in [1.54, 1.807) is 0 Å². The van der Waals surface area contributed by atoms with Crippen LogP contribution in [0.1, 0.15) is 46.8 Å². The minimum Gasteiger partial charge on any atom is -0.294 e. The number of nitrogens with zero attached hydrogens (tertiary/aromatic N) is 1. The summed E-state index contributed by atoms with van der Waals surface area (Å²) >= 11 is 0. The van der Waals surface area contributed by atoms with Crippen molar-refractivity contribution in [3.63, 3.8) is 0 Å². The Hall–Kier alpha value is -1.96. The smallest absolute Gasteiger partial charge is 0.162 e. The van der Waals surface area contributed by atoms with Crippen molar-refractivity contribution in [3.05, 3.63) is 65.5 Å². The van der Waals surface area contributed by atoms with Crippen LogP contribution in [0.25, 0.3) is 0 Å². The zero-order valence-electron chi connectivity index (χ0n) is 10.9. The lowest BCUT2D eigenvalue weighted by atomic mass is 9.96. The Morgan fingerprint density at radius 2 is 2.00 bits per heavy atom. The Bertz CT molecular complexity index is 577. The van der Waals surface area contributed by atoms with Crippen molar-refractivity contribution < 1.29 is 4.79 Å². The number of ketones is 1. The Kier molecular flexibility index (Phi) is 3.41. The summed E-state index contributed by atoms with van der Waals surface area (Å²) in [6.45, 7) is 0. The van der Waals surface area contributed by atoms with Gasteiger partial charge in [-0.3, -0.25) is 9.78 Å². The van der Waals surface area contributed by atoms with Gasteiger partial charge in [0.15, 0.2) is 5.78 Å². The third-order valence-electron chi connectivity index (χ3n) is 3.89. The van der Waals surface area contributed by atoms with Crippen molar-refractivity contribution in [2.24, 2.45) is 0 Å². The Morgan fingerprint density at radius 3 is 2.84 bits per heavy atom. The van der Waals surface area contributed by atoms with Gasteiger partial charge in [-0.15, -0.1) is 0 Å². The fourth-order valence-electron chi connectivity index (χ4n) is 2.85. The van der Waals surface area contributed by atoms with Crippen LogP contribution in [-0.4, -0.2) is 10.8 Å². The molecule has 0 amide bonds. The zero-order valence-corrected chi connectivity index (χ0v) is 10.9. The summed E-state index contributed by atoms with van der Waals surface area (Å²) in [5.74, 6) is 0.703. The lowest BCUT2D eigenvalue weighted by Crippen LogP contribution is -2.03. The number of hydrogen-bond donors (Lipinski definition) is 0. The van der Waals surface area contributed by atoms with E-state index in [2.05, 4.69) is 11.1 Å². The second-order valence-corrected chi connectivity index (χ2v) is 5.11. The first-order valence-electron chi connectivity index (χ1n) is 6.86. The SMILES string of the molecule is O=C(CCC1CCc2cccnc21)c1ccccc1. The molecule has 96 valence electrons. The van der Waals surface area contributed by atoms with Crippen LogP contribution in [-0.2, 0) is 6.42 Å². The minimum absolute atomic E-state index is 0.241. The largest absolute Gasteiger partial charge is 0.294 e. The quantitative estimate of drug-likeness (QED) is 0.774. The highest BCUT2D eigenvalue weighted by Gasteiger charge is 2.23. The van der Waals surface area contributed by atoms with Gasteiger partial charge < -0.3 is 0 Å². The van der Waals surface area contributed by atoms with Crippen LogP contribution in [0.3, 0.4) is 0 Å². The summed E-state index contributed by atoms with van der Waals surface area (Å²) in [6.07, 6.45) is 5.63. The van der Waals surface area contributed by atoms with Gasteiger partial charge in [-0.1, -0.05) is 36.4 Å². The van der Waals surface area contributed by atoms with E-state index in [-0.39, 0.29) is 5.78 Å². The van der Waals surface area contributed by atoms with Crippen LogP contribution in [0.15, 0.2) is 48.7 Å². The Balaban J connectivity index is 1.64. The fourth-order valence-corrected chi connectivity index (χ4v) is 2.85. The maximum Gasteiger partial charge on any atom is 0.162 e. The molecule has 0 saturated carbocycles. The topological polar surface area (TPSA) is 30.0 Å². The molecule has 1 atom stereocenters. The zero-order chi connectivity index (χ0) is 13.1. The summed E-state index contributed by atoms with van der Waals surface area (Å²) in [7, 11) is 0. The number of aromatic nitrogens is 1. The molecular formula is C17H17NO. The van der Waals surface area contributed by atoms with E-state index in [0.29, 0.717) is 12.3 Å². The highest BCUT2D eigenvalue weighted by molar-refractivity contribution is 5.95. The molecular weight excluding hydrogens is 234 g/mol. The molecule has 0 N–H and O–H groups in total. The molecule has 1 aromatic heterocycles.